The van der Waals surface area contributed by atoms with Gasteiger partial charge in [-0.05, 0) is 25.5 Å². The van der Waals surface area contributed by atoms with Crippen LogP contribution in [0.5, 0.6) is 5.75 Å². The summed E-state index contributed by atoms with van der Waals surface area (Å²) in [5, 5.41) is 7.32. The molecular formula is C24H27N3O2. The van der Waals surface area contributed by atoms with E-state index in [1.54, 1.807) is 6.92 Å². The third kappa shape index (κ3) is 3.00. The van der Waals surface area contributed by atoms with Crippen molar-refractivity contribution < 1.29 is 9.53 Å². The number of piperidine rings is 1. The SMILES string of the molecule is CC(=O)N1CCC2(CC1)Oc1ccc(C)cc1[C@@H]1CC(c3ccc(C)cc3)=NN12. The molecule has 1 spiro atoms. The highest BCUT2D eigenvalue weighted by Gasteiger charge is 2.52. The molecule has 2 aromatic rings. The summed E-state index contributed by atoms with van der Waals surface area (Å²) in [4.78, 5) is 13.8. The minimum absolute atomic E-state index is 0.133. The van der Waals surface area contributed by atoms with E-state index < -0.39 is 5.72 Å². The minimum atomic E-state index is -0.481. The maximum atomic E-state index is 11.8. The Hall–Kier alpha value is -2.82. The van der Waals surface area contributed by atoms with E-state index in [0.717, 1.165) is 30.7 Å². The third-order valence-corrected chi connectivity index (χ3v) is 6.53. The first-order valence-corrected chi connectivity index (χ1v) is 10.4. The Morgan fingerprint density at radius 3 is 2.45 bits per heavy atom. The molecule has 2 aromatic carbocycles. The highest BCUT2D eigenvalue weighted by atomic mass is 16.5. The molecule has 0 radical (unpaired) electrons. The van der Waals surface area contributed by atoms with Gasteiger partial charge in [0.05, 0.1) is 11.8 Å². The van der Waals surface area contributed by atoms with E-state index in [9.17, 15) is 4.79 Å². The van der Waals surface area contributed by atoms with E-state index in [0.29, 0.717) is 13.1 Å². The number of ether oxygens (including phenoxy) is 1. The molecule has 0 bridgehead atoms. The molecule has 29 heavy (non-hydrogen) atoms. The lowest BCUT2D eigenvalue weighted by Gasteiger charge is -2.51. The molecule has 3 aliphatic rings. The zero-order chi connectivity index (χ0) is 20.2. The van der Waals surface area contributed by atoms with Crippen molar-refractivity contribution in [3.63, 3.8) is 0 Å². The van der Waals surface area contributed by atoms with E-state index in [-0.39, 0.29) is 11.9 Å². The summed E-state index contributed by atoms with van der Waals surface area (Å²) in [6, 6.07) is 15.2. The van der Waals surface area contributed by atoms with Crippen LogP contribution < -0.4 is 4.74 Å². The van der Waals surface area contributed by atoms with Crippen LogP contribution in [0.1, 0.15) is 54.5 Å². The Labute approximate surface area is 172 Å². The van der Waals surface area contributed by atoms with Crippen LogP contribution in [0.2, 0.25) is 0 Å². The Morgan fingerprint density at radius 2 is 1.76 bits per heavy atom. The second-order valence-electron chi connectivity index (χ2n) is 8.57. The molecule has 5 rings (SSSR count). The number of rotatable bonds is 1. The zero-order valence-corrected chi connectivity index (χ0v) is 17.3. The summed E-state index contributed by atoms with van der Waals surface area (Å²) < 4.78 is 6.64. The lowest BCUT2D eigenvalue weighted by Crippen LogP contribution is -2.59. The molecule has 3 heterocycles. The van der Waals surface area contributed by atoms with Crippen LogP contribution in [0.4, 0.5) is 0 Å². The predicted octanol–water partition coefficient (Wildman–Crippen LogP) is 4.19. The molecule has 5 nitrogen and oxygen atoms in total. The van der Waals surface area contributed by atoms with Crippen molar-refractivity contribution >= 4 is 11.6 Å². The minimum Gasteiger partial charge on any atom is -0.466 e. The lowest BCUT2D eigenvalue weighted by molar-refractivity contribution is -0.158. The maximum Gasteiger partial charge on any atom is 0.219 e. The molecule has 1 fully saturated rings. The number of benzene rings is 2. The summed E-state index contributed by atoms with van der Waals surface area (Å²) in [5.41, 5.74) is 5.51. The van der Waals surface area contributed by atoms with Crippen LogP contribution in [-0.2, 0) is 4.79 Å². The molecule has 1 amide bonds. The summed E-state index contributed by atoms with van der Waals surface area (Å²) >= 11 is 0. The van der Waals surface area contributed by atoms with E-state index in [4.69, 9.17) is 9.84 Å². The van der Waals surface area contributed by atoms with Gasteiger partial charge in [-0.2, -0.15) is 5.10 Å². The Morgan fingerprint density at radius 1 is 1.07 bits per heavy atom. The number of hydrazone groups is 1. The van der Waals surface area contributed by atoms with Crippen molar-refractivity contribution in [1.29, 1.82) is 0 Å². The summed E-state index contributed by atoms with van der Waals surface area (Å²) in [6.45, 7) is 7.28. The first kappa shape index (κ1) is 18.2. The van der Waals surface area contributed by atoms with Crippen LogP contribution >= 0.6 is 0 Å². The largest absolute Gasteiger partial charge is 0.466 e. The standard InChI is InChI=1S/C24H27N3O2/c1-16-4-7-19(8-5-16)21-15-22-20-14-17(2)6-9-23(20)29-24(27(22)25-21)10-12-26(13-11-24)18(3)28/h4-9,14,22H,10-13,15H2,1-3H3/t22-/m0/s1. The first-order valence-electron chi connectivity index (χ1n) is 10.4. The highest BCUT2D eigenvalue weighted by Crippen LogP contribution is 2.50. The number of carbonyl (C=O) groups excluding carboxylic acids is 1. The number of likely N-dealkylation sites (tertiary alicyclic amines) is 1. The van der Waals surface area contributed by atoms with Crippen molar-refractivity contribution in [3.8, 4) is 5.75 Å². The lowest BCUT2D eigenvalue weighted by atomic mass is 9.90. The summed E-state index contributed by atoms with van der Waals surface area (Å²) in [6.07, 6.45) is 2.41. The Kier molecular flexibility index (Phi) is 4.16. The Balaban J connectivity index is 1.55. The number of carbonyl (C=O) groups is 1. The summed E-state index contributed by atoms with van der Waals surface area (Å²) in [7, 11) is 0. The van der Waals surface area contributed by atoms with E-state index in [1.165, 1.54) is 22.3 Å². The van der Waals surface area contributed by atoms with Crippen LogP contribution in [-0.4, -0.2) is 40.3 Å². The monoisotopic (exact) mass is 389 g/mol. The molecular weight excluding hydrogens is 362 g/mol. The average Bonchev–Trinajstić information content (AvgIpc) is 3.16. The topological polar surface area (TPSA) is 45.1 Å². The second-order valence-corrected chi connectivity index (χ2v) is 8.57. The second kappa shape index (κ2) is 6.61. The molecule has 150 valence electrons. The Bertz CT molecular complexity index is 988. The number of aryl methyl sites for hydroxylation is 2. The number of amides is 1. The van der Waals surface area contributed by atoms with E-state index >= 15 is 0 Å². The smallest absolute Gasteiger partial charge is 0.219 e. The van der Waals surface area contributed by atoms with Gasteiger partial charge in [0.25, 0.3) is 0 Å². The van der Waals surface area contributed by atoms with Gasteiger partial charge < -0.3 is 9.64 Å². The van der Waals surface area contributed by atoms with Crippen molar-refractivity contribution in [1.82, 2.24) is 9.91 Å². The fourth-order valence-corrected chi connectivity index (χ4v) is 4.82. The fourth-order valence-electron chi connectivity index (χ4n) is 4.82. The van der Waals surface area contributed by atoms with Crippen molar-refractivity contribution in [3.05, 3.63) is 64.7 Å². The van der Waals surface area contributed by atoms with Gasteiger partial charge in [0, 0.05) is 44.8 Å². The van der Waals surface area contributed by atoms with Gasteiger partial charge in [-0.1, -0.05) is 47.5 Å². The van der Waals surface area contributed by atoms with Gasteiger partial charge >= 0.3 is 0 Å². The molecule has 3 aliphatic heterocycles. The molecule has 0 aliphatic carbocycles. The van der Waals surface area contributed by atoms with Gasteiger partial charge in [-0.3, -0.25) is 4.79 Å². The number of fused-ring (bicyclic) bond motifs is 4. The van der Waals surface area contributed by atoms with E-state index in [2.05, 4.69) is 61.3 Å². The quantitative estimate of drug-likeness (QED) is 0.735. The van der Waals surface area contributed by atoms with Gasteiger partial charge in [0.2, 0.25) is 11.6 Å². The van der Waals surface area contributed by atoms with Gasteiger partial charge in [-0.15, -0.1) is 0 Å². The van der Waals surface area contributed by atoms with Gasteiger partial charge in [-0.25, -0.2) is 5.01 Å². The number of nitrogens with zero attached hydrogens (tertiary/aromatic N) is 3. The molecule has 0 aromatic heterocycles. The average molecular weight is 389 g/mol. The molecule has 5 heteroatoms. The third-order valence-electron chi connectivity index (χ3n) is 6.53. The fraction of sp³-hybridized carbons (Fsp3) is 0.417. The molecule has 0 unspecified atom stereocenters. The van der Waals surface area contributed by atoms with Crippen molar-refractivity contribution in [2.75, 3.05) is 13.1 Å². The van der Waals surface area contributed by atoms with Crippen LogP contribution in [0.15, 0.2) is 47.6 Å². The maximum absolute atomic E-state index is 11.8. The molecule has 0 saturated carbocycles. The normalized spacial score (nSPS) is 22.0. The van der Waals surface area contributed by atoms with Crippen LogP contribution in [0, 0.1) is 13.8 Å². The molecule has 1 atom stereocenters. The number of hydrogen-bond acceptors (Lipinski definition) is 4. The highest BCUT2D eigenvalue weighted by molar-refractivity contribution is 6.02. The molecule has 1 saturated heterocycles. The van der Waals surface area contributed by atoms with Crippen LogP contribution in [0.25, 0.3) is 0 Å². The number of hydrogen-bond donors (Lipinski definition) is 0. The van der Waals surface area contributed by atoms with Gasteiger partial charge in [0.1, 0.15) is 5.75 Å². The summed E-state index contributed by atoms with van der Waals surface area (Å²) in [5.74, 6) is 1.10. The molecule has 0 N–H and O–H groups in total. The first-order chi connectivity index (χ1) is 13.9. The zero-order valence-electron chi connectivity index (χ0n) is 17.3. The van der Waals surface area contributed by atoms with Gasteiger partial charge in [0.15, 0.2) is 0 Å². The van der Waals surface area contributed by atoms with Crippen LogP contribution in [0.3, 0.4) is 0 Å². The predicted molar refractivity (Wildman–Crippen MR) is 113 cm³/mol. The van der Waals surface area contributed by atoms with Crippen molar-refractivity contribution in [2.45, 2.75) is 51.8 Å². The van der Waals surface area contributed by atoms with E-state index in [1.807, 2.05) is 4.90 Å². The van der Waals surface area contributed by atoms with Crippen molar-refractivity contribution in [2.24, 2.45) is 5.10 Å².